The summed E-state index contributed by atoms with van der Waals surface area (Å²) in [5.41, 5.74) is 5.47. The van der Waals surface area contributed by atoms with Gasteiger partial charge in [-0.1, -0.05) is 20.8 Å². The van der Waals surface area contributed by atoms with E-state index in [4.69, 9.17) is 10.8 Å². The van der Waals surface area contributed by atoms with Crippen molar-refractivity contribution in [3.63, 3.8) is 0 Å². The first kappa shape index (κ1) is 26.7. The second-order valence-corrected chi connectivity index (χ2v) is 7.81. The Hall–Kier alpha value is -2.29. The van der Waals surface area contributed by atoms with Gasteiger partial charge in [-0.15, -0.1) is 0 Å². The smallest absolute Gasteiger partial charge is 0.303 e. The molecule has 0 saturated heterocycles. The highest BCUT2D eigenvalue weighted by Gasteiger charge is 2.30. The quantitative estimate of drug-likeness (QED) is 0.228. The second-order valence-electron chi connectivity index (χ2n) is 7.81. The molecule has 0 bridgehead atoms. The summed E-state index contributed by atoms with van der Waals surface area (Å²) in [5, 5.41) is 13.8. The van der Waals surface area contributed by atoms with E-state index in [1.807, 2.05) is 13.8 Å². The van der Waals surface area contributed by atoms with E-state index in [-0.39, 0.29) is 31.0 Å². The molecule has 0 fully saturated rings. The van der Waals surface area contributed by atoms with E-state index in [2.05, 4.69) is 10.6 Å². The summed E-state index contributed by atoms with van der Waals surface area (Å²) in [7, 11) is 0. The first-order valence-corrected chi connectivity index (χ1v) is 10.1. The average molecular weight is 414 g/mol. The standard InChI is InChI=1S/C20H35N3O6/c1-12(2)11-16(14(4)24)23-20(29)18(27)15(7-5-6-10-21)22-19(28)13(3)8-9-17(25)26/h12-13,15-16H,5-11,21H2,1-4H3,(H,22,28)(H,23,29)(H,25,26)/t13-,15-,16-/m0/s1. The molecule has 0 aromatic carbocycles. The van der Waals surface area contributed by atoms with Crippen LogP contribution < -0.4 is 16.4 Å². The molecule has 0 unspecified atom stereocenters. The Morgan fingerprint density at radius 2 is 1.55 bits per heavy atom. The molecule has 0 aliphatic rings. The number of unbranched alkanes of at least 4 members (excludes halogenated alkanes) is 1. The van der Waals surface area contributed by atoms with Crippen molar-refractivity contribution >= 4 is 29.4 Å². The Kier molecular flexibility index (Phi) is 12.7. The number of nitrogens with two attached hydrogens (primary N) is 1. The largest absolute Gasteiger partial charge is 0.481 e. The third-order valence-electron chi connectivity index (χ3n) is 4.55. The van der Waals surface area contributed by atoms with E-state index in [1.54, 1.807) is 6.92 Å². The highest BCUT2D eigenvalue weighted by atomic mass is 16.4. The van der Waals surface area contributed by atoms with Crippen molar-refractivity contribution in [1.29, 1.82) is 0 Å². The van der Waals surface area contributed by atoms with Crippen LogP contribution in [0.15, 0.2) is 0 Å². The fourth-order valence-corrected chi connectivity index (χ4v) is 2.73. The minimum absolute atomic E-state index is 0.123. The van der Waals surface area contributed by atoms with Gasteiger partial charge in [0.15, 0.2) is 5.78 Å². The minimum Gasteiger partial charge on any atom is -0.481 e. The summed E-state index contributed by atoms with van der Waals surface area (Å²) in [6.07, 6.45) is 1.75. The number of ketones is 2. The number of carboxylic acid groups (broad SMARTS) is 1. The maximum Gasteiger partial charge on any atom is 0.303 e. The van der Waals surface area contributed by atoms with Gasteiger partial charge in [0, 0.05) is 12.3 Å². The number of Topliss-reactive ketones (excluding diaryl/α,β-unsaturated/α-hetero) is 2. The zero-order valence-electron chi connectivity index (χ0n) is 17.8. The summed E-state index contributed by atoms with van der Waals surface area (Å²) >= 11 is 0. The number of carbonyl (C=O) groups is 5. The molecule has 0 aliphatic heterocycles. The Bertz CT molecular complexity index is 591. The van der Waals surface area contributed by atoms with Crippen LogP contribution in [0.4, 0.5) is 0 Å². The van der Waals surface area contributed by atoms with Crippen molar-refractivity contribution in [1.82, 2.24) is 10.6 Å². The van der Waals surface area contributed by atoms with Crippen LogP contribution in [0.25, 0.3) is 0 Å². The van der Waals surface area contributed by atoms with Crippen LogP contribution in [0.5, 0.6) is 0 Å². The molecule has 0 heterocycles. The molecule has 9 heteroatoms. The second kappa shape index (κ2) is 13.8. The molecule has 0 radical (unpaired) electrons. The van der Waals surface area contributed by atoms with Crippen LogP contribution in [-0.2, 0) is 24.0 Å². The minimum atomic E-state index is -1.05. The first-order valence-electron chi connectivity index (χ1n) is 10.1. The van der Waals surface area contributed by atoms with E-state index in [9.17, 15) is 24.0 Å². The van der Waals surface area contributed by atoms with E-state index < -0.39 is 41.6 Å². The van der Waals surface area contributed by atoms with Crippen LogP contribution in [0.2, 0.25) is 0 Å². The van der Waals surface area contributed by atoms with Gasteiger partial charge < -0.3 is 21.5 Å². The molecule has 3 atom stereocenters. The average Bonchev–Trinajstić information content (AvgIpc) is 2.63. The molecule has 9 nitrogen and oxygen atoms in total. The third-order valence-corrected chi connectivity index (χ3v) is 4.55. The normalized spacial score (nSPS) is 14.0. The molecule has 166 valence electrons. The lowest BCUT2D eigenvalue weighted by Crippen LogP contribution is -2.52. The SMILES string of the molecule is CC(=O)[C@H](CC(C)C)NC(=O)C(=O)[C@H](CCCCN)NC(=O)[C@@H](C)CCC(=O)O. The molecule has 0 aliphatic carbocycles. The fourth-order valence-electron chi connectivity index (χ4n) is 2.73. The van der Waals surface area contributed by atoms with Gasteiger partial charge in [-0.05, 0) is 51.5 Å². The van der Waals surface area contributed by atoms with Crippen LogP contribution in [0.1, 0.15) is 66.2 Å². The third kappa shape index (κ3) is 11.3. The highest BCUT2D eigenvalue weighted by molar-refractivity contribution is 6.38. The maximum absolute atomic E-state index is 12.6. The summed E-state index contributed by atoms with van der Waals surface area (Å²) in [4.78, 5) is 59.8. The van der Waals surface area contributed by atoms with Gasteiger partial charge in [0.1, 0.15) is 0 Å². The molecule has 0 aromatic rings. The number of hydrogen-bond acceptors (Lipinski definition) is 6. The van der Waals surface area contributed by atoms with Crippen molar-refractivity contribution in [2.45, 2.75) is 78.3 Å². The predicted octanol–water partition coefficient (Wildman–Crippen LogP) is 0.790. The lowest BCUT2D eigenvalue weighted by Gasteiger charge is -2.22. The highest BCUT2D eigenvalue weighted by Crippen LogP contribution is 2.10. The monoisotopic (exact) mass is 413 g/mol. The number of amides is 2. The van der Waals surface area contributed by atoms with Gasteiger partial charge in [0.05, 0.1) is 12.1 Å². The first-order chi connectivity index (χ1) is 13.5. The number of carbonyl (C=O) groups excluding carboxylic acids is 4. The fraction of sp³-hybridized carbons (Fsp3) is 0.750. The topological polar surface area (TPSA) is 156 Å². The Balaban J connectivity index is 5.13. The Morgan fingerprint density at radius 3 is 2.03 bits per heavy atom. The van der Waals surface area contributed by atoms with Crippen molar-refractivity contribution in [3.05, 3.63) is 0 Å². The molecule has 0 spiro atoms. The van der Waals surface area contributed by atoms with E-state index in [0.717, 1.165) is 0 Å². The van der Waals surface area contributed by atoms with Crippen LogP contribution in [-0.4, -0.2) is 53.1 Å². The molecule has 29 heavy (non-hydrogen) atoms. The lowest BCUT2D eigenvalue weighted by molar-refractivity contribution is -0.142. The van der Waals surface area contributed by atoms with E-state index in [0.29, 0.717) is 25.8 Å². The number of hydrogen-bond donors (Lipinski definition) is 4. The molecule has 0 aromatic heterocycles. The summed E-state index contributed by atoms with van der Waals surface area (Å²) in [5.74, 6) is -3.96. The zero-order chi connectivity index (χ0) is 22.6. The van der Waals surface area contributed by atoms with Gasteiger partial charge in [-0.3, -0.25) is 24.0 Å². The number of aliphatic carboxylic acids is 1. The van der Waals surface area contributed by atoms with Gasteiger partial charge >= 0.3 is 5.97 Å². The Morgan fingerprint density at radius 1 is 0.931 bits per heavy atom. The number of nitrogens with one attached hydrogen (secondary N) is 2. The molecule has 2 amide bonds. The van der Waals surface area contributed by atoms with Gasteiger partial charge in [0.25, 0.3) is 5.91 Å². The number of carboxylic acids is 1. The molecular formula is C20H35N3O6. The van der Waals surface area contributed by atoms with Gasteiger partial charge in [-0.25, -0.2) is 0 Å². The van der Waals surface area contributed by atoms with E-state index >= 15 is 0 Å². The predicted molar refractivity (Wildman–Crippen MR) is 108 cm³/mol. The lowest BCUT2D eigenvalue weighted by atomic mass is 9.98. The molecule has 0 rings (SSSR count). The van der Waals surface area contributed by atoms with Crippen LogP contribution >= 0.6 is 0 Å². The molecule has 0 saturated carbocycles. The summed E-state index contributed by atoms with van der Waals surface area (Å²) in [6.45, 7) is 7.13. The molecule has 5 N–H and O–H groups in total. The summed E-state index contributed by atoms with van der Waals surface area (Å²) < 4.78 is 0. The van der Waals surface area contributed by atoms with Crippen molar-refractivity contribution < 1.29 is 29.1 Å². The zero-order valence-corrected chi connectivity index (χ0v) is 17.8. The number of rotatable bonds is 15. The van der Waals surface area contributed by atoms with Gasteiger partial charge in [0.2, 0.25) is 11.7 Å². The van der Waals surface area contributed by atoms with Gasteiger partial charge in [-0.2, -0.15) is 0 Å². The molecular weight excluding hydrogens is 378 g/mol. The maximum atomic E-state index is 12.6. The summed E-state index contributed by atoms with van der Waals surface area (Å²) in [6, 6.07) is -1.81. The van der Waals surface area contributed by atoms with E-state index in [1.165, 1.54) is 6.92 Å². The van der Waals surface area contributed by atoms with Crippen molar-refractivity contribution in [2.75, 3.05) is 6.54 Å². The van der Waals surface area contributed by atoms with Crippen molar-refractivity contribution in [2.24, 2.45) is 17.6 Å². The van der Waals surface area contributed by atoms with Crippen molar-refractivity contribution in [3.8, 4) is 0 Å². The van der Waals surface area contributed by atoms with Crippen LogP contribution in [0, 0.1) is 11.8 Å². The van der Waals surface area contributed by atoms with Crippen LogP contribution in [0.3, 0.4) is 0 Å². The Labute approximate surface area is 172 Å².